The third-order valence-electron chi connectivity index (χ3n) is 3.00. The summed E-state index contributed by atoms with van der Waals surface area (Å²) in [7, 11) is 0. The van der Waals surface area contributed by atoms with Crippen LogP contribution in [0.2, 0.25) is 0 Å². The van der Waals surface area contributed by atoms with Crippen LogP contribution in [0.15, 0.2) is 73.6 Å². The number of hydrogen-bond donors (Lipinski definition) is 2. The van der Waals surface area contributed by atoms with Gasteiger partial charge in [-0.25, -0.2) is 5.43 Å². The highest BCUT2D eigenvalue weighted by Gasteiger charge is 1.92. The zero-order chi connectivity index (χ0) is 17.2. The summed E-state index contributed by atoms with van der Waals surface area (Å²) in [6.45, 7) is 0. The lowest BCUT2D eigenvalue weighted by Gasteiger charge is -1.98. The van der Waals surface area contributed by atoms with Gasteiger partial charge in [0.15, 0.2) is 0 Å². The van der Waals surface area contributed by atoms with E-state index in [0.29, 0.717) is 0 Å². The summed E-state index contributed by atoms with van der Waals surface area (Å²) in [6.07, 6.45) is 7.40. The second kappa shape index (κ2) is 11.6. The van der Waals surface area contributed by atoms with Gasteiger partial charge in [0.2, 0.25) is 5.96 Å². The standard InChI is InChI=1S/C17H19N5S2.ClH/c1-23-15-7-3-13(4-8-15)11-19-21-17(18)22-20-12-14-5-9-16(24-2)10-6-14;/h3-12H,1-2H3,(H3,18,21,22);1H/b19-11+,20-12+;. The largest absolute Gasteiger partial charge is 0.367 e. The molecule has 3 N–H and O–H groups in total. The minimum absolute atomic E-state index is 0. The van der Waals surface area contributed by atoms with E-state index < -0.39 is 0 Å². The third kappa shape index (κ3) is 7.64. The molecule has 0 aliphatic rings. The number of rotatable bonds is 6. The van der Waals surface area contributed by atoms with Gasteiger partial charge in [-0.05, 0) is 47.9 Å². The molecule has 2 aromatic carbocycles. The Bertz CT molecular complexity index is 728. The Labute approximate surface area is 162 Å². The molecule has 8 heteroatoms. The van der Waals surface area contributed by atoms with Gasteiger partial charge in [-0.2, -0.15) is 10.2 Å². The number of hydrogen-bond acceptors (Lipinski definition) is 5. The van der Waals surface area contributed by atoms with E-state index in [1.807, 2.05) is 61.0 Å². The smallest absolute Gasteiger partial charge is 0.234 e. The van der Waals surface area contributed by atoms with Crippen molar-refractivity contribution in [1.29, 1.82) is 0 Å². The minimum atomic E-state index is 0. The summed E-state index contributed by atoms with van der Waals surface area (Å²) < 4.78 is 0. The first-order chi connectivity index (χ1) is 11.7. The summed E-state index contributed by atoms with van der Waals surface area (Å²) in [6, 6.07) is 16.1. The maximum Gasteiger partial charge on any atom is 0.234 e. The Balaban J connectivity index is 0.00000312. The molecule has 0 spiro atoms. The van der Waals surface area contributed by atoms with Crippen molar-refractivity contribution >= 4 is 54.3 Å². The van der Waals surface area contributed by atoms with Crippen LogP contribution in [0.5, 0.6) is 0 Å². The molecule has 0 aliphatic heterocycles. The maximum atomic E-state index is 5.70. The Hall–Kier alpha value is -1.96. The first-order valence-corrected chi connectivity index (χ1v) is 9.60. The van der Waals surface area contributed by atoms with Gasteiger partial charge in [0.05, 0.1) is 12.4 Å². The quantitative estimate of drug-likeness (QED) is 0.338. The van der Waals surface area contributed by atoms with E-state index in [-0.39, 0.29) is 18.4 Å². The molecule has 2 aromatic rings. The van der Waals surface area contributed by atoms with E-state index in [9.17, 15) is 0 Å². The van der Waals surface area contributed by atoms with Gasteiger partial charge in [-0.15, -0.1) is 41.0 Å². The van der Waals surface area contributed by atoms with Gasteiger partial charge >= 0.3 is 0 Å². The highest BCUT2D eigenvalue weighted by molar-refractivity contribution is 7.98. The van der Waals surface area contributed by atoms with E-state index in [1.54, 1.807) is 36.0 Å². The van der Waals surface area contributed by atoms with Crippen LogP contribution >= 0.6 is 35.9 Å². The fourth-order valence-corrected chi connectivity index (χ4v) is 2.55. The van der Waals surface area contributed by atoms with Gasteiger partial charge in [0.25, 0.3) is 0 Å². The van der Waals surface area contributed by atoms with Crippen LogP contribution in [0.4, 0.5) is 0 Å². The number of nitrogens with two attached hydrogens (primary N) is 1. The maximum absolute atomic E-state index is 5.70. The summed E-state index contributed by atoms with van der Waals surface area (Å²) >= 11 is 3.40. The molecule has 2 rings (SSSR count). The van der Waals surface area contributed by atoms with Crippen molar-refractivity contribution in [3.8, 4) is 0 Å². The predicted molar refractivity (Wildman–Crippen MR) is 114 cm³/mol. The van der Waals surface area contributed by atoms with E-state index in [2.05, 4.69) is 20.7 Å². The van der Waals surface area contributed by atoms with E-state index >= 15 is 0 Å². The fourth-order valence-electron chi connectivity index (χ4n) is 1.73. The predicted octanol–water partition coefficient (Wildman–Crippen LogP) is 3.82. The van der Waals surface area contributed by atoms with Crippen LogP contribution in [0.25, 0.3) is 0 Å². The molecule has 0 radical (unpaired) electrons. The lowest BCUT2D eigenvalue weighted by atomic mass is 10.2. The zero-order valence-electron chi connectivity index (χ0n) is 13.9. The van der Waals surface area contributed by atoms with E-state index in [0.717, 1.165) is 11.1 Å². The lowest BCUT2D eigenvalue weighted by molar-refractivity contribution is 0.994. The lowest BCUT2D eigenvalue weighted by Crippen LogP contribution is -2.26. The molecular weight excluding hydrogens is 374 g/mol. The van der Waals surface area contributed by atoms with Gasteiger partial charge in [-0.1, -0.05) is 24.3 Å². The van der Waals surface area contributed by atoms with Crippen LogP contribution in [0.1, 0.15) is 11.1 Å². The fraction of sp³-hybridized carbons (Fsp3) is 0.118. The average molecular weight is 394 g/mol. The highest BCUT2D eigenvalue weighted by Crippen LogP contribution is 2.14. The molecule has 0 aromatic heterocycles. The molecule has 25 heavy (non-hydrogen) atoms. The van der Waals surface area contributed by atoms with Crippen molar-refractivity contribution in [1.82, 2.24) is 5.43 Å². The van der Waals surface area contributed by atoms with Crippen molar-refractivity contribution in [3.63, 3.8) is 0 Å². The first kappa shape index (κ1) is 21.1. The van der Waals surface area contributed by atoms with E-state index in [1.165, 1.54) is 9.79 Å². The van der Waals surface area contributed by atoms with Crippen molar-refractivity contribution in [3.05, 3.63) is 59.7 Å². The molecule has 0 amide bonds. The molecule has 5 nitrogen and oxygen atoms in total. The number of hydrazone groups is 1. The molecule has 0 fully saturated rings. The molecule has 0 bridgehead atoms. The number of nitrogens with one attached hydrogen (secondary N) is 1. The Morgan fingerprint density at radius 1 is 0.880 bits per heavy atom. The van der Waals surface area contributed by atoms with Crippen molar-refractivity contribution in [2.75, 3.05) is 12.5 Å². The van der Waals surface area contributed by atoms with Gasteiger partial charge in [0, 0.05) is 9.79 Å². The topological polar surface area (TPSA) is 75.1 Å². The molecule has 0 atom stereocenters. The SMILES string of the molecule is CSc1ccc(/C=N/N=C(N)N/N=C/c2ccc(SC)cc2)cc1.Cl. The summed E-state index contributed by atoms with van der Waals surface area (Å²) in [5, 5.41) is 11.8. The van der Waals surface area contributed by atoms with Crippen molar-refractivity contribution in [2.45, 2.75) is 9.79 Å². The number of benzene rings is 2. The molecule has 0 saturated carbocycles. The van der Waals surface area contributed by atoms with Crippen LogP contribution in [-0.2, 0) is 0 Å². The first-order valence-electron chi connectivity index (χ1n) is 7.15. The Morgan fingerprint density at radius 3 is 1.84 bits per heavy atom. The second-order valence-corrected chi connectivity index (χ2v) is 6.41. The van der Waals surface area contributed by atoms with Gasteiger partial charge < -0.3 is 5.73 Å². The zero-order valence-corrected chi connectivity index (χ0v) is 16.4. The van der Waals surface area contributed by atoms with Gasteiger partial charge in [-0.3, -0.25) is 0 Å². The molecule has 132 valence electrons. The molecule has 0 unspecified atom stereocenters. The van der Waals surface area contributed by atoms with Crippen LogP contribution in [0.3, 0.4) is 0 Å². The van der Waals surface area contributed by atoms with Crippen LogP contribution in [-0.4, -0.2) is 30.9 Å². The molecule has 0 heterocycles. The Morgan fingerprint density at radius 2 is 1.36 bits per heavy atom. The average Bonchev–Trinajstić information content (AvgIpc) is 2.63. The number of nitrogens with zero attached hydrogens (tertiary/aromatic N) is 3. The Kier molecular flexibility index (Phi) is 9.76. The molecule has 0 aliphatic carbocycles. The number of guanidine groups is 1. The van der Waals surface area contributed by atoms with Crippen LogP contribution < -0.4 is 11.2 Å². The number of thioether (sulfide) groups is 2. The van der Waals surface area contributed by atoms with Crippen LogP contribution in [0, 0.1) is 0 Å². The minimum Gasteiger partial charge on any atom is -0.367 e. The van der Waals surface area contributed by atoms with E-state index in [4.69, 9.17) is 5.73 Å². The van der Waals surface area contributed by atoms with Gasteiger partial charge in [0.1, 0.15) is 0 Å². The normalized spacial score (nSPS) is 11.7. The second-order valence-electron chi connectivity index (χ2n) is 4.65. The number of halogens is 1. The molecule has 0 saturated heterocycles. The van der Waals surface area contributed by atoms with Crippen molar-refractivity contribution in [2.24, 2.45) is 21.0 Å². The summed E-state index contributed by atoms with van der Waals surface area (Å²) in [4.78, 5) is 2.41. The highest BCUT2D eigenvalue weighted by atomic mass is 35.5. The summed E-state index contributed by atoms with van der Waals surface area (Å²) in [5.41, 5.74) is 10.3. The summed E-state index contributed by atoms with van der Waals surface area (Å²) in [5.74, 6) is 0.129. The molecular formula is C17H20ClN5S2. The van der Waals surface area contributed by atoms with Crippen molar-refractivity contribution < 1.29 is 0 Å². The third-order valence-corrected chi connectivity index (χ3v) is 4.48. The monoisotopic (exact) mass is 393 g/mol.